The van der Waals surface area contributed by atoms with E-state index in [0.29, 0.717) is 12.8 Å². The first-order valence-corrected chi connectivity index (χ1v) is 5.64. The Labute approximate surface area is 98.9 Å². The number of hydrogen-bond acceptors (Lipinski definition) is 2. The van der Waals surface area contributed by atoms with Crippen LogP contribution in [0.25, 0.3) is 0 Å². The van der Waals surface area contributed by atoms with Crippen LogP contribution in [0.4, 0.5) is 4.39 Å². The molecule has 1 aliphatic carbocycles. The summed E-state index contributed by atoms with van der Waals surface area (Å²) in [5.41, 5.74) is 0.285. The summed E-state index contributed by atoms with van der Waals surface area (Å²) < 4.78 is 12.8. The number of aliphatic hydroxyl groups is 1. The van der Waals surface area contributed by atoms with Crippen molar-refractivity contribution < 1.29 is 19.4 Å². The molecule has 0 heterocycles. The Bertz CT molecular complexity index is 423. The molecule has 0 bridgehead atoms. The molecule has 0 radical (unpaired) electrons. The summed E-state index contributed by atoms with van der Waals surface area (Å²) in [6, 6.07) is 6.01. The number of halogens is 1. The Morgan fingerprint density at radius 2 is 1.88 bits per heavy atom. The second kappa shape index (κ2) is 4.11. The summed E-state index contributed by atoms with van der Waals surface area (Å²) in [7, 11) is 0. The molecule has 92 valence electrons. The molecule has 4 heteroatoms. The lowest BCUT2D eigenvalue weighted by Gasteiger charge is -2.26. The van der Waals surface area contributed by atoms with Crippen LogP contribution in [0.3, 0.4) is 0 Å². The Hall–Kier alpha value is -1.42. The molecule has 1 aromatic rings. The quantitative estimate of drug-likeness (QED) is 0.845. The smallest absolute Gasteiger partial charge is 0.333 e. The standard InChI is InChI=1S/C13H15FO3/c1-8(9-2-4-10(14)5-3-9)13(6-7-13)11(15)12(16)17/h2-5,8,11,15H,6-7H2,1H3,(H,16,17). The van der Waals surface area contributed by atoms with Crippen LogP contribution in [0.1, 0.15) is 31.2 Å². The molecular formula is C13H15FO3. The van der Waals surface area contributed by atoms with Gasteiger partial charge in [-0.15, -0.1) is 0 Å². The monoisotopic (exact) mass is 238 g/mol. The van der Waals surface area contributed by atoms with Gasteiger partial charge in [0.25, 0.3) is 0 Å². The van der Waals surface area contributed by atoms with E-state index < -0.39 is 17.5 Å². The van der Waals surface area contributed by atoms with Gasteiger partial charge in [0.2, 0.25) is 0 Å². The fourth-order valence-electron chi connectivity index (χ4n) is 2.42. The summed E-state index contributed by atoms with van der Waals surface area (Å²) >= 11 is 0. The first-order chi connectivity index (χ1) is 7.97. The van der Waals surface area contributed by atoms with E-state index in [0.717, 1.165) is 5.56 Å². The summed E-state index contributed by atoms with van der Waals surface area (Å²) in [4.78, 5) is 10.9. The van der Waals surface area contributed by atoms with Gasteiger partial charge in [-0.05, 0) is 36.5 Å². The van der Waals surface area contributed by atoms with Gasteiger partial charge in [-0.25, -0.2) is 9.18 Å². The second-order valence-electron chi connectivity index (χ2n) is 4.75. The maximum Gasteiger partial charge on any atom is 0.333 e. The van der Waals surface area contributed by atoms with Gasteiger partial charge in [-0.2, -0.15) is 0 Å². The van der Waals surface area contributed by atoms with Crippen LogP contribution in [0.2, 0.25) is 0 Å². The molecule has 2 atom stereocenters. The van der Waals surface area contributed by atoms with Crippen molar-refractivity contribution in [1.82, 2.24) is 0 Å². The first-order valence-electron chi connectivity index (χ1n) is 5.64. The van der Waals surface area contributed by atoms with Crippen LogP contribution >= 0.6 is 0 Å². The third-order valence-corrected chi connectivity index (χ3v) is 3.84. The van der Waals surface area contributed by atoms with Crippen molar-refractivity contribution in [3.05, 3.63) is 35.6 Å². The molecule has 3 nitrogen and oxygen atoms in total. The second-order valence-corrected chi connectivity index (χ2v) is 4.75. The highest BCUT2D eigenvalue weighted by Gasteiger charge is 2.55. The molecule has 2 N–H and O–H groups in total. The van der Waals surface area contributed by atoms with Gasteiger partial charge in [0, 0.05) is 5.41 Å². The molecule has 2 unspecified atom stereocenters. The third kappa shape index (κ3) is 2.05. The van der Waals surface area contributed by atoms with Crippen LogP contribution in [0, 0.1) is 11.2 Å². The highest BCUT2D eigenvalue weighted by molar-refractivity contribution is 5.74. The van der Waals surface area contributed by atoms with Gasteiger partial charge in [-0.1, -0.05) is 19.1 Å². The molecule has 1 aliphatic rings. The third-order valence-electron chi connectivity index (χ3n) is 3.84. The van der Waals surface area contributed by atoms with E-state index in [2.05, 4.69) is 0 Å². The van der Waals surface area contributed by atoms with E-state index in [-0.39, 0.29) is 11.7 Å². The maximum absolute atomic E-state index is 12.8. The lowest BCUT2D eigenvalue weighted by Crippen LogP contribution is -2.34. The van der Waals surface area contributed by atoms with Crippen LogP contribution < -0.4 is 0 Å². The number of rotatable bonds is 4. The summed E-state index contributed by atoms with van der Waals surface area (Å²) in [6.45, 7) is 1.88. The normalized spacial score (nSPS) is 20.6. The zero-order chi connectivity index (χ0) is 12.6. The summed E-state index contributed by atoms with van der Waals surface area (Å²) in [5.74, 6) is -1.59. The largest absolute Gasteiger partial charge is 0.479 e. The van der Waals surface area contributed by atoms with Crippen molar-refractivity contribution in [2.45, 2.75) is 31.8 Å². The predicted octanol–water partition coefficient (Wildman–Crippen LogP) is 2.15. The number of carbonyl (C=O) groups is 1. The van der Waals surface area contributed by atoms with Crippen molar-refractivity contribution in [3.8, 4) is 0 Å². The highest BCUT2D eigenvalue weighted by Crippen LogP contribution is 2.58. The van der Waals surface area contributed by atoms with E-state index in [9.17, 15) is 14.3 Å². The predicted molar refractivity (Wildman–Crippen MR) is 60.1 cm³/mol. The zero-order valence-electron chi connectivity index (χ0n) is 9.56. The van der Waals surface area contributed by atoms with Gasteiger partial charge in [-0.3, -0.25) is 0 Å². The van der Waals surface area contributed by atoms with Crippen LogP contribution in [-0.4, -0.2) is 22.3 Å². The Morgan fingerprint density at radius 1 is 1.35 bits per heavy atom. The van der Waals surface area contributed by atoms with Gasteiger partial charge in [0.1, 0.15) is 5.82 Å². The average molecular weight is 238 g/mol. The van der Waals surface area contributed by atoms with E-state index >= 15 is 0 Å². The SMILES string of the molecule is CC(c1ccc(F)cc1)C1(C(O)C(=O)O)CC1. The Balaban J connectivity index is 2.23. The van der Waals surface area contributed by atoms with E-state index in [1.807, 2.05) is 6.92 Å². The molecule has 1 aromatic carbocycles. The number of carboxylic acid groups (broad SMARTS) is 1. The fourth-order valence-corrected chi connectivity index (χ4v) is 2.42. The maximum atomic E-state index is 12.8. The number of hydrogen-bond donors (Lipinski definition) is 2. The molecule has 0 saturated heterocycles. The van der Waals surface area contributed by atoms with Gasteiger partial charge < -0.3 is 10.2 Å². The molecular weight excluding hydrogens is 223 g/mol. The van der Waals surface area contributed by atoms with Crippen molar-refractivity contribution in [2.75, 3.05) is 0 Å². The minimum Gasteiger partial charge on any atom is -0.479 e. The average Bonchev–Trinajstić information content (AvgIpc) is 3.09. The number of aliphatic carboxylic acids is 1. The van der Waals surface area contributed by atoms with E-state index in [1.54, 1.807) is 12.1 Å². The molecule has 1 saturated carbocycles. The van der Waals surface area contributed by atoms with Crippen molar-refractivity contribution in [1.29, 1.82) is 0 Å². The molecule has 2 rings (SSSR count). The number of aliphatic hydroxyl groups excluding tert-OH is 1. The minimum atomic E-state index is -1.34. The van der Waals surface area contributed by atoms with Crippen LogP contribution in [0.5, 0.6) is 0 Å². The fraction of sp³-hybridized carbons (Fsp3) is 0.462. The molecule has 17 heavy (non-hydrogen) atoms. The van der Waals surface area contributed by atoms with Gasteiger partial charge in [0.05, 0.1) is 0 Å². The summed E-state index contributed by atoms with van der Waals surface area (Å²) in [5, 5.41) is 18.6. The molecule has 0 spiro atoms. The summed E-state index contributed by atoms with van der Waals surface area (Å²) in [6.07, 6.45) is 0.0421. The minimum absolute atomic E-state index is 0.0887. The van der Waals surface area contributed by atoms with Gasteiger partial charge >= 0.3 is 5.97 Å². The number of carboxylic acids is 1. The number of benzene rings is 1. The Morgan fingerprint density at radius 3 is 2.29 bits per heavy atom. The molecule has 1 fully saturated rings. The lowest BCUT2D eigenvalue weighted by molar-refractivity contribution is -0.151. The zero-order valence-corrected chi connectivity index (χ0v) is 9.56. The Kier molecular flexibility index (Phi) is 2.91. The van der Waals surface area contributed by atoms with Crippen molar-refractivity contribution in [3.63, 3.8) is 0 Å². The van der Waals surface area contributed by atoms with Crippen molar-refractivity contribution >= 4 is 5.97 Å². The topological polar surface area (TPSA) is 57.5 Å². The van der Waals surface area contributed by atoms with E-state index in [1.165, 1.54) is 12.1 Å². The van der Waals surface area contributed by atoms with Gasteiger partial charge in [0.15, 0.2) is 6.10 Å². The van der Waals surface area contributed by atoms with Crippen molar-refractivity contribution in [2.24, 2.45) is 5.41 Å². The lowest BCUT2D eigenvalue weighted by atomic mass is 9.80. The first kappa shape index (κ1) is 12.0. The van der Waals surface area contributed by atoms with Crippen LogP contribution in [-0.2, 0) is 4.79 Å². The van der Waals surface area contributed by atoms with Crippen LogP contribution in [0.15, 0.2) is 24.3 Å². The molecule has 0 aromatic heterocycles. The molecule has 0 aliphatic heterocycles. The highest BCUT2D eigenvalue weighted by atomic mass is 19.1. The van der Waals surface area contributed by atoms with E-state index in [4.69, 9.17) is 5.11 Å². The molecule has 0 amide bonds.